The number of carbonyl (C=O) groups excluding carboxylic acids is 2. The lowest BCUT2D eigenvalue weighted by Crippen LogP contribution is -2.65. The van der Waals surface area contributed by atoms with Gasteiger partial charge in [-0.1, -0.05) is 32.9 Å². The molecule has 0 amide bonds. The molecule has 4 rings (SSSR count). The number of aliphatic hydroxyl groups is 4. The molecule has 0 aromatic carbocycles. The fraction of sp³-hybridized carbons (Fsp3) is 0.714. The number of ether oxygens (including phenoxy) is 1. The fourth-order valence-corrected chi connectivity index (χ4v) is 6.70. The monoisotopic (exact) mass is 392 g/mol. The second-order valence-electron chi connectivity index (χ2n) is 9.62. The van der Waals surface area contributed by atoms with Gasteiger partial charge >= 0.3 is 0 Å². The fourth-order valence-electron chi connectivity index (χ4n) is 6.70. The van der Waals surface area contributed by atoms with Crippen molar-refractivity contribution in [2.24, 2.45) is 29.1 Å². The van der Waals surface area contributed by atoms with Crippen LogP contribution in [-0.2, 0) is 14.3 Å². The molecule has 0 aromatic heterocycles. The number of carbonyl (C=O) groups is 2. The molecule has 28 heavy (non-hydrogen) atoms. The van der Waals surface area contributed by atoms with Gasteiger partial charge in [0.15, 0.2) is 5.78 Å². The number of rotatable bonds is 3. The average molecular weight is 392 g/mol. The van der Waals surface area contributed by atoms with Gasteiger partial charge in [-0.15, -0.1) is 0 Å². The summed E-state index contributed by atoms with van der Waals surface area (Å²) in [5.74, 6) is -3.25. The van der Waals surface area contributed by atoms with Crippen LogP contribution in [0.1, 0.15) is 34.1 Å². The Hall–Kier alpha value is -1.54. The molecular weight excluding hydrogens is 364 g/mol. The highest BCUT2D eigenvalue weighted by atomic mass is 16.5. The minimum atomic E-state index is -1.88. The third kappa shape index (κ3) is 1.93. The van der Waals surface area contributed by atoms with Crippen LogP contribution < -0.4 is 0 Å². The number of ketones is 1. The molecule has 0 saturated heterocycles. The molecule has 0 spiro atoms. The second kappa shape index (κ2) is 5.53. The zero-order valence-corrected chi connectivity index (χ0v) is 16.5. The molecule has 0 aliphatic heterocycles. The van der Waals surface area contributed by atoms with Crippen LogP contribution in [0.3, 0.4) is 0 Å². The molecule has 154 valence electrons. The highest BCUT2D eigenvalue weighted by Crippen LogP contribution is 2.75. The number of hydrogen-bond donors (Lipinski definition) is 4. The van der Waals surface area contributed by atoms with E-state index < -0.39 is 57.8 Å². The molecule has 0 unspecified atom stereocenters. The largest absolute Gasteiger partial charge is 0.461 e. The summed E-state index contributed by atoms with van der Waals surface area (Å²) in [6.45, 7) is 6.88. The van der Waals surface area contributed by atoms with Gasteiger partial charge in [0.25, 0.3) is 6.47 Å². The van der Waals surface area contributed by atoms with E-state index in [0.29, 0.717) is 11.1 Å². The predicted molar refractivity (Wildman–Crippen MR) is 97.8 cm³/mol. The molecule has 7 heteroatoms. The normalized spacial score (nSPS) is 51.1. The molecule has 4 aliphatic carbocycles. The minimum absolute atomic E-state index is 0.0862. The summed E-state index contributed by atoms with van der Waals surface area (Å²) in [7, 11) is 0. The Balaban J connectivity index is 1.96. The average Bonchev–Trinajstić information content (AvgIpc) is 3.02. The Kier molecular flexibility index (Phi) is 3.91. The van der Waals surface area contributed by atoms with Crippen LogP contribution in [0.4, 0.5) is 0 Å². The highest BCUT2D eigenvalue weighted by molar-refractivity contribution is 6.04. The van der Waals surface area contributed by atoms with Crippen molar-refractivity contribution in [3.63, 3.8) is 0 Å². The van der Waals surface area contributed by atoms with E-state index in [-0.39, 0.29) is 19.5 Å². The summed E-state index contributed by atoms with van der Waals surface area (Å²) in [5.41, 5.74) is -4.71. The zero-order chi connectivity index (χ0) is 20.9. The SMILES string of the molecule is CC1=C[C@H]2[C@@]3(O)[C@H](C)[C@@H](OC=O)[C@]4(O)[C@@H]([C@@H]3C=C(CO)C[C@]2(O)C1=O)C4(C)C. The van der Waals surface area contributed by atoms with Gasteiger partial charge < -0.3 is 25.2 Å². The van der Waals surface area contributed by atoms with Crippen LogP contribution in [0.15, 0.2) is 23.3 Å². The molecule has 2 fully saturated rings. The van der Waals surface area contributed by atoms with Crippen molar-refractivity contribution in [3.05, 3.63) is 23.3 Å². The summed E-state index contributed by atoms with van der Waals surface area (Å²) in [5, 5.41) is 44.7. The first-order valence-electron chi connectivity index (χ1n) is 9.72. The second-order valence-corrected chi connectivity index (χ2v) is 9.62. The summed E-state index contributed by atoms with van der Waals surface area (Å²) >= 11 is 0. The Bertz CT molecular complexity index is 814. The molecule has 4 N–H and O–H groups in total. The summed E-state index contributed by atoms with van der Waals surface area (Å²) in [6, 6.07) is 0. The Morgan fingerprint density at radius 1 is 1.25 bits per heavy atom. The summed E-state index contributed by atoms with van der Waals surface area (Å²) in [6.07, 6.45) is 2.24. The van der Waals surface area contributed by atoms with Crippen LogP contribution in [0.2, 0.25) is 0 Å². The van der Waals surface area contributed by atoms with Crippen LogP contribution in [-0.4, -0.2) is 62.2 Å². The van der Waals surface area contributed by atoms with E-state index in [1.165, 1.54) is 0 Å². The first-order chi connectivity index (χ1) is 12.9. The molecule has 0 radical (unpaired) electrons. The van der Waals surface area contributed by atoms with Crippen molar-refractivity contribution >= 4 is 12.3 Å². The van der Waals surface area contributed by atoms with Crippen LogP contribution in [0.5, 0.6) is 0 Å². The maximum absolute atomic E-state index is 12.8. The first kappa shape index (κ1) is 19.8. The topological polar surface area (TPSA) is 124 Å². The molecule has 7 nitrogen and oxygen atoms in total. The molecule has 4 aliphatic rings. The van der Waals surface area contributed by atoms with Crippen LogP contribution in [0.25, 0.3) is 0 Å². The molecule has 0 aromatic rings. The van der Waals surface area contributed by atoms with Crippen molar-refractivity contribution in [2.75, 3.05) is 6.61 Å². The van der Waals surface area contributed by atoms with Gasteiger partial charge in [-0.05, 0) is 18.1 Å². The smallest absolute Gasteiger partial charge is 0.293 e. The highest BCUT2D eigenvalue weighted by Gasteiger charge is 2.85. The number of hydrogen-bond acceptors (Lipinski definition) is 7. The molecular formula is C21H28O7. The van der Waals surface area contributed by atoms with Gasteiger partial charge in [0, 0.05) is 35.5 Å². The Morgan fingerprint density at radius 3 is 2.46 bits per heavy atom. The third-order valence-corrected chi connectivity index (χ3v) is 8.21. The Labute approximate surface area is 163 Å². The maximum Gasteiger partial charge on any atom is 0.293 e. The van der Waals surface area contributed by atoms with Gasteiger partial charge in [-0.3, -0.25) is 9.59 Å². The molecule has 0 bridgehead atoms. The molecule has 2 saturated carbocycles. The van der Waals surface area contributed by atoms with Crippen molar-refractivity contribution in [2.45, 2.75) is 57.0 Å². The summed E-state index contributed by atoms with van der Waals surface area (Å²) < 4.78 is 5.28. The van der Waals surface area contributed by atoms with Gasteiger partial charge in [-0.2, -0.15) is 0 Å². The quantitative estimate of drug-likeness (QED) is 0.397. The third-order valence-electron chi connectivity index (χ3n) is 8.21. The van der Waals surface area contributed by atoms with Crippen molar-refractivity contribution < 1.29 is 34.8 Å². The standard InChI is InChI=1S/C21H28O7/c1-10-5-14-19(25,16(10)24)7-12(8-22)6-13-15-18(3,4)21(15,27)17(28-9-23)11(2)20(13,14)26/h5-6,9,11,13-15,17,22,25-27H,7-8H2,1-4H3/t11-,13+,14-,15+,17-,19-,20-,21-/m1/s1. The summed E-state index contributed by atoms with van der Waals surface area (Å²) in [4.78, 5) is 24.0. The lowest BCUT2D eigenvalue weighted by Gasteiger charge is -2.52. The van der Waals surface area contributed by atoms with Crippen LogP contribution in [0, 0.1) is 29.1 Å². The van der Waals surface area contributed by atoms with E-state index >= 15 is 0 Å². The maximum atomic E-state index is 12.8. The molecule has 0 heterocycles. The van der Waals surface area contributed by atoms with Crippen molar-refractivity contribution in [3.8, 4) is 0 Å². The number of aliphatic hydroxyl groups excluding tert-OH is 1. The van der Waals surface area contributed by atoms with Gasteiger partial charge in [0.1, 0.15) is 17.3 Å². The van der Waals surface area contributed by atoms with Gasteiger partial charge in [-0.25, -0.2) is 0 Å². The van der Waals surface area contributed by atoms with Gasteiger partial charge in [0.2, 0.25) is 0 Å². The van der Waals surface area contributed by atoms with E-state index in [1.807, 2.05) is 13.8 Å². The van der Waals surface area contributed by atoms with Crippen molar-refractivity contribution in [1.82, 2.24) is 0 Å². The van der Waals surface area contributed by atoms with E-state index in [0.717, 1.165) is 0 Å². The number of fused-ring (bicyclic) bond motifs is 5. The lowest BCUT2D eigenvalue weighted by atomic mass is 9.59. The zero-order valence-electron chi connectivity index (χ0n) is 16.5. The van der Waals surface area contributed by atoms with E-state index in [9.17, 15) is 30.0 Å². The lowest BCUT2D eigenvalue weighted by molar-refractivity contribution is -0.216. The van der Waals surface area contributed by atoms with E-state index in [2.05, 4.69) is 0 Å². The van der Waals surface area contributed by atoms with Gasteiger partial charge in [0.05, 0.1) is 12.2 Å². The predicted octanol–water partition coefficient (Wildman–Crippen LogP) is 0.111. The Morgan fingerprint density at radius 2 is 1.89 bits per heavy atom. The van der Waals surface area contributed by atoms with Crippen LogP contribution >= 0.6 is 0 Å². The minimum Gasteiger partial charge on any atom is -0.461 e. The van der Waals surface area contributed by atoms with Crippen molar-refractivity contribution in [1.29, 1.82) is 0 Å². The first-order valence-corrected chi connectivity index (χ1v) is 9.72. The molecule has 8 atom stereocenters. The van der Waals surface area contributed by atoms with E-state index in [4.69, 9.17) is 4.74 Å². The van der Waals surface area contributed by atoms with E-state index in [1.54, 1.807) is 26.0 Å². The number of Topliss-reactive ketones (excluding diaryl/α,β-unsaturated/α-hetero) is 1.